The number of hydrogen-bond donors (Lipinski definition) is 1. The molecule has 1 aromatic carbocycles. The summed E-state index contributed by atoms with van der Waals surface area (Å²) < 4.78 is 19.2. The van der Waals surface area contributed by atoms with Crippen molar-refractivity contribution in [3.8, 4) is 17.2 Å². The van der Waals surface area contributed by atoms with Gasteiger partial charge in [0.1, 0.15) is 22.8 Å². The number of fused-ring (bicyclic) bond motifs is 1. The average Bonchev–Trinajstić information content (AvgIpc) is 2.93. The van der Waals surface area contributed by atoms with Gasteiger partial charge in [-0.1, -0.05) is 29.4 Å². The Bertz CT molecular complexity index is 1240. The molecule has 4 bridgehead atoms. The smallest absolute Gasteiger partial charge is 0.200 e. The molecule has 4 atom stereocenters. The summed E-state index contributed by atoms with van der Waals surface area (Å²) in [5.41, 5.74) is 0.169. The second-order valence-corrected chi connectivity index (χ2v) is 11.3. The van der Waals surface area contributed by atoms with Gasteiger partial charge in [-0.25, -0.2) is 0 Å². The lowest BCUT2D eigenvalue weighted by Crippen LogP contribution is -2.72. The Balaban J connectivity index is 1.82. The second-order valence-electron chi connectivity index (χ2n) is 11.3. The fraction of sp³-hybridized carbons (Fsp3) is 0.517. The lowest BCUT2D eigenvalue weighted by Gasteiger charge is -2.56. The highest BCUT2D eigenvalue weighted by Gasteiger charge is 2.81. The maximum absolute atomic E-state index is 14.2. The molecule has 1 aromatic rings. The first-order chi connectivity index (χ1) is 16.4. The molecule has 2 aliphatic heterocycles. The number of ether oxygens (including phenoxy) is 3. The van der Waals surface area contributed by atoms with E-state index >= 15 is 0 Å². The Morgan fingerprint density at radius 3 is 2.49 bits per heavy atom. The van der Waals surface area contributed by atoms with E-state index < -0.39 is 22.7 Å². The molecule has 3 aliphatic carbocycles. The normalized spacial score (nSPS) is 31.2. The van der Waals surface area contributed by atoms with Crippen LogP contribution < -0.4 is 9.47 Å². The summed E-state index contributed by atoms with van der Waals surface area (Å²) in [4.78, 5) is 28.2. The molecule has 1 saturated heterocycles. The minimum absolute atomic E-state index is 0.00331. The summed E-state index contributed by atoms with van der Waals surface area (Å²) >= 11 is 0. The Morgan fingerprint density at radius 1 is 1.17 bits per heavy atom. The summed E-state index contributed by atoms with van der Waals surface area (Å²) in [5, 5.41) is 11.0. The molecule has 1 N–H and O–H groups in total. The molecule has 0 amide bonds. The van der Waals surface area contributed by atoms with E-state index in [2.05, 4.69) is 0 Å². The van der Waals surface area contributed by atoms with Gasteiger partial charge in [0.2, 0.25) is 0 Å². The predicted octanol–water partition coefficient (Wildman–Crippen LogP) is 5.27. The van der Waals surface area contributed by atoms with Crippen LogP contribution in [0.4, 0.5) is 0 Å². The first-order valence-electron chi connectivity index (χ1n) is 12.3. The van der Waals surface area contributed by atoms with E-state index in [-0.39, 0.29) is 29.0 Å². The van der Waals surface area contributed by atoms with Crippen LogP contribution in [-0.2, 0) is 16.0 Å². The van der Waals surface area contributed by atoms with Gasteiger partial charge in [0.25, 0.3) is 0 Å². The van der Waals surface area contributed by atoms with E-state index in [1.807, 2.05) is 53.7 Å². The molecular weight excluding hydrogens is 444 g/mol. The molecule has 5 aliphatic rings. The van der Waals surface area contributed by atoms with Crippen molar-refractivity contribution >= 4 is 11.6 Å². The largest absolute Gasteiger partial charge is 0.507 e. The molecule has 6 rings (SSSR count). The van der Waals surface area contributed by atoms with Crippen LogP contribution in [0.2, 0.25) is 0 Å². The van der Waals surface area contributed by atoms with Gasteiger partial charge in [-0.15, -0.1) is 0 Å². The van der Waals surface area contributed by atoms with Crippen LogP contribution in [0, 0.1) is 11.8 Å². The summed E-state index contributed by atoms with van der Waals surface area (Å²) in [6.07, 6.45) is 7.06. The van der Waals surface area contributed by atoms with Crippen molar-refractivity contribution in [2.45, 2.75) is 77.6 Å². The van der Waals surface area contributed by atoms with E-state index in [4.69, 9.17) is 14.2 Å². The van der Waals surface area contributed by atoms with E-state index in [0.29, 0.717) is 41.7 Å². The summed E-state index contributed by atoms with van der Waals surface area (Å²) in [7, 11) is 1.47. The fourth-order valence-corrected chi connectivity index (χ4v) is 6.63. The topological polar surface area (TPSA) is 82.1 Å². The van der Waals surface area contributed by atoms with Crippen molar-refractivity contribution in [3.63, 3.8) is 0 Å². The highest BCUT2D eigenvalue weighted by atomic mass is 16.6. The molecule has 2 fully saturated rings. The number of carbonyl (C=O) groups is 2. The van der Waals surface area contributed by atoms with Crippen LogP contribution in [0.15, 0.2) is 41.0 Å². The van der Waals surface area contributed by atoms with Crippen molar-refractivity contribution < 1.29 is 28.9 Å². The molecule has 2 heterocycles. The Kier molecular flexibility index (Phi) is 5.16. The average molecular weight is 479 g/mol. The third-order valence-electron chi connectivity index (χ3n) is 8.15. The number of Topliss-reactive ketones (excluding diaryl/α,β-unsaturated/α-hetero) is 2. The van der Waals surface area contributed by atoms with Crippen LogP contribution in [0.5, 0.6) is 17.2 Å². The molecule has 6 nitrogen and oxygen atoms in total. The number of benzene rings is 1. The number of allylic oxidation sites excluding steroid dienone is 4. The van der Waals surface area contributed by atoms with Crippen LogP contribution in [0.1, 0.15) is 70.3 Å². The van der Waals surface area contributed by atoms with Gasteiger partial charge in [-0.3, -0.25) is 9.59 Å². The van der Waals surface area contributed by atoms with E-state index in [1.54, 1.807) is 6.08 Å². The second kappa shape index (κ2) is 7.57. The van der Waals surface area contributed by atoms with E-state index in [9.17, 15) is 14.7 Å². The molecular formula is C29H34O6. The lowest BCUT2D eigenvalue weighted by atomic mass is 9.51. The molecule has 0 aromatic heterocycles. The molecule has 186 valence electrons. The molecule has 35 heavy (non-hydrogen) atoms. The molecule has 6 heteroatoms. The van der Waals surface area contributed by atoms with Gasteiger partial charge in [-0.2, -0.15) is 0 Å². The zero-order chi connectivity index (χ0) is 25.5. The number of ketones is 2. The first-order valence-corrected chi connectivity index (χ1v) is 12.3. The number of hydrogen-bond acceptors (Lipinski definition) is 6. The van der Waals surface area contributed by atoms with Crippen molar-refractivity contribution in [1.29, 1.82) is 0 Å². The van der Waals surface area contributed by atoms with Crippen molar-refractivity contribution in [3.05, 3.63) is 52.1 Å². The fourth-order valence-electron chi connectivity index (χ4n) is 6.63. The van der Waals surface area contributed by atoms with Gasteiger partial charge in [0.05, 0.1) is 12.7 Å². The van der Waals surface area contributed by atoms with Gasteiger partial charge < -0.3 is 19.3 Å². The number of rotatable bonds is 5. The number of phenols is 1. The van der Waals surface area contributed by atoms with Gasteiger partial charge in [0, 0.05) is 35.5 Å². The Labute approximate surface area is 206 Å². The third-order valence-corrected chi connectivity index (χ3v) is 8.15. The summed E-state index contributed by atoms with van der Waals surface area (Å²) in [6.45, 7) is 11.9. The van der Waals surface area contributed by atoms with Gasteiger partial charge in [-0.05, 0) is 54.4 Å². The minimum Gasteiger partial charge on any atom is -0.507 e. The summed E-state index contributed by atoms with van der Waals surface area (Å²) in [6, 6.07) is 1.48. The predicted molar refractivity (Wildman–Crippen MR) is 132 cm³/mol. The standard InChI is InChI=1S/C29H34O6/c1-15(2)8-9-18-20(30)14-21(33-7)23-24(31)19-12-17-13-22-27(5,6)35-28(26(17)32,11-10-16(3)4)29(19,22)34-25(18)23/h8,10,12,14,17,22,30H,9,11,13H2,1-7H3/t17-,22+,28+,29?/m1/s1. The Hall–Kier alpha value is -2.86. The SMILES string of the molecule is COc1cc(O)c(CC=C(C)C)c2c1C(=O)C1=C[C@@H]3C[C@H]4C(C)(C)O[C@@](CC=C(C)C)(C3=O)C14O2. The molecule has 1 saturated carbocycles. The van der Waals surface area contributed by atoms with Crippen LogP contribution in [0.25, 0.3) is 0 Å². The monoisotopic (exact) mass is 478 g/mol. The van der Waals surface area contributed by atoms with E-state index in [0.717, 1.165) is 11.1 Å². The number of carbonyl (C=O) groups excluding carboxylic acids is 2. The quantitative estimate of drug-likeness (QED) is 0.581. The zero-order valence-electron chi connectivity index (χ0n) is 21.6. The maximum Gasteiger partial charge on any atom is 0.200 e. The van der Waals surface area contributed by atoms with Crippen molar-refractivity contribution in [2.24, 2.45) is 11.8 Å². The van der Waals surface area contributed by atoms with Crippen LogP contribution in [0.3, 0.4) is 0 Å². The zero-order valence-corrected chi connectivity index (χ0v) is 21.6. The highest BCUT2D eigenvalue weighted by molar-refractivity contribution is 6.18. The summed E-state index contributed by atoms with van der Waals surface area (Å²) in [5.74, 6) is -0.296. The highest BCUT2D eigenvalue weighted by Crippen LogP contribution is 2.68. The molecule has 1 spiro atoms. The van der Waals surface area contributed by atoms with Crippen molar-refractivity contribution in [1.82, 2.24) is 0 Å². The third kappa shape index (κ3) is 2.98. The number of aromatic hydroxyl groups is 1. The van der Waals surface area contributed by atoms with Crippen LogP contribution >= 0.6 is 0 Å². The van der Waals surface area contributed by atoms with Gasteiger partial charge >= 0.3 is 0 Å². The molecule has 0 radical (unpaired) electrons. The number of methoxy groups -OCH3 is 1. The first kappa shape index (κ1) is 23.9. The lowest BCUT2D eigenvalue weighted by molar-refractivity contribution is -0.171. The maximum atomic E-state index is 14.2. The van der Waals surface area contributed by atoms with Gasteiger partial charge in [0.15, 0.2) is 22.8 Å². The van der Waals surface area contributed by atoms with Crippen molar-refractivity contribution in [2.75, 3.05) is 7.11 Å². The minimum atomic E-state index is -1.31. The number of phenolic OH excluding ortho intramolecular Hbond substituents is 1. The molecule has 1 unspecified atom stereocenters. The van der Waals surface area contributed by atoms with E-state index in [1.165, 1.54) is 13.2 Å². The Morgan fingerprint density at radius 2 is 1.86 bits per heavy atom. The van der Waals surface area contributed by atoms with Crippen LogP contribution in [-0.4, -0.2) is 40.6 Å².